The van der Waals surface area contributed by atoms with Gasteiger partial charge >= 0.3 is 0 Å². The summed E-state index contributed by atoms with van der Waals surface area (Å²) in [5.74, 6) is 0. The molecule has 0 N–H and O–H groups in total. The molecule has 0 saturated heterocycles. The predicted molar refractivity (Wildman–Crippen MR) is 67.1 cm³/mol. The molecule has 2 aromatic carbocycles. The third-order valence-electron chi connectivity index (χ3n) is 2.22. The summed E-state index contributed by atoms with van der Waals surface area (Å²) in [6, 6.07) is 20.4. The van der Waals surface area contributed by atoms with E-state index in [1.807, 2.05) is 36.4 Å². The first kappa shape index (κ1) is 14.1. The van der Waals surface area contributed by atoms with E-state index in [2.05, 4.69) is 24.3 Å². The van der Waals surface area contributed by atoms with Crippen molar-refractivity contribution in [1.82, 2.24) is 0 Å². The second kappa shape index (κ2) is 8.17. The normalized spacial score (nSPS) is 9.50. The molecule has 0 aliphatic rings. The average Bonchev–Trinajstić information content (AvgIpc) is 2.32. The molecule has 0 fully saturated rings. The Hall–Kier alpha value is 0.0364. The fraction of sp³-hybridized carbons (Fsp3) is 0.143. The van der Waals surface area contributed by atoms with E-state index in [9.17, 15) is 0 Å². The van der Waals surface area contributed by atoms with Gasteiger partial charge in [0.05, 0.1) is 13.2 Å². The number of hydrogen-bond donors (Lipinski definition) is 0. The van der Waals surface area contributed by atoms with Gasteiger partial charge in [-0.15, -0.1) is 0 Å². The quantitative estimate of drug-likeness (QED) is 0.743. The van der Waals surface area contributed by atoms with Gasteiger partial charge in [0.2, 0.25) is 0 Å². The van der Waals surface area contributed by atoms with Crippen molar-refractivity contribution < 1.29 is 4.74 Å². The number of rotatable bonds is 4. The largest absolute Gasteiger partial charge is 0.372 e. The van der Waals surface area contributed by atoms with Gasteiger partial charge in [0.25, 0.3) is 0 Å². The fourth-order valence-electron chi connectivity index (χ4n) is 1.44. The molecule has 0 atom stereocenters. The molecule has 0 spiro atoms. The molecule has 0 bridgehead atoms. The van der Waals surface area contributed by atoms with Crippen LogP contribution in [-0.2, 0) is 18.0 Å². The summed E-state index contributed by atoms with van der Waals surface area (Å²) < 4.78 is 5.61. The van der Waals surface area contributed by atoms with Crippen LogP contribution in [0.25, 0.3) is 0 Å². The molecular weight excluding hydrogens is 223 g/mol. The van der Waals surface area contributed by atoms with E-state index in [1.54, 1.807) is 0 Å². The van der Waals surface area contributed by atoms with Crippen molar-refractivity contribution in [2.24, 2.45) is 0 Å². The molecule has 0 aliphatic carbocycles. The summed E-state index contributed by atoms with van der Waals surface area (Å²) in [4.78, 5) is 0. The topological polar surface area (TPSA) is 9.23 Å². The third-order valence-corrected chi connectivity index (χ3v) is 2.22. The first-order chi connectivity index (χ1) is 7.45. The molecule has 1 nitrogen and oxygen atoms in total. The maximum atomic E-state index is 5.61. The molecular formula is C14H14KO. The van der Waals surface area contributed by atoms with Gasteiger partial charge in [0.1, 0.15) is 0 Å². The molecule has 2 aromatic rings. The Labute approximate surface area is 139 Å². The molecule has 0 heterocycles. The third kappa shape index (κ3) is 4.91. The summed E-state index contributed by atoms with van der Waals surface area (Å²) in [5, 5.41) is 0. The van der Waals surface area contributed by atoms with Crippen LogP contribution in [0, 0.1) is 0 Å². The molecule has 0 saturated carbocycles. The van der Waals surface area contributed by atoms with Crippen molar-refractivity contribution in [2.75, 3.05) is 0 Å². The molecule has 2 heteroatoms. The maximum absolute atomic E-state index is 5.61. The number of ether oxygens (including phenoxy) is 1. The van der Waals surface area contributed by atoms with Crippen LogP contribution in [0.15, 0.2) is 60.7 Å². The Bertz CT molecular complexity index is 346. The van der Waals surface area contributed by atoms with Crippen LogP contribution in [0.1, 0.15) is 11.1 Å². The minimum atomic E-state index is 0. The standard InChI is InChI=1S/C14H14O.K/c1-3-7-13(8-4-1)11-15-12-14-9-5-2-6-10-14;/h1-10H,11-12H2;. The summed E-state index contributed by atoms with van der Waals surface area (Å²) >= 11 is 0. The summed E-state index contributed by atoms with van der Waals surface area (Å²) in [7, 11) is 0. The average molecular weight is 237 g/mol. The van der Waals surface area contributed by atoms with E-state index in [0.29, 0.717) is 13.2 Å². The van der Waals surface area contributed by atoms with Crippen LogP contribution in [-0.4, -0.2) is 51.4 Å². The van der Waals surface area contributed by atoms with Gasteiger partial charge in [-0.25, -0.2) is 0 Å². The van der Waals surface area contributed by atoms with Crippen molar-refractivity contribution in [1.29, 1.82) is 0 Å². The minimum Gasteiger partial charge on any atom is -0.372 e. The van der Waals surface area contributed by atoms with Gasteiger partial charge in [-0.2, -0.15) is 0 Å². The predicted octanol–water partition coefficient (Wildman–Crippen LogP) is 3.02. The van der Waals surface area contributed by atoms with Gasteiger partial charge in [0, 0.05) is 51.4 Å². The second-order valence-electron chi connectivity index (χ2n) is 3.46. The van der Waals surface area contributed by atoms with Gasteiger partial charge < -0.3 is 4.74 Å². The first-order valence-electron chi connectivity index (χ1n) is 5.11. The van der Waals surface area contributed by atoms with Crippen molar-refractivity contribution in [3.8, 4) is 0 Å². The summed E-state index contributed by atoms with van der Waals surface area (Å²) in [6.07, 6.45) is 0. The molecule has 77 valence electrons. The van der Waals surface area contributed by atoms with Crippen LogP contribution in [0.3, 0.4) is 0 Å². The molecule has 16 heavy (non-hydrogen) atoms. The first-order valence-corrected chi connectivity index (χ1v) is 5.11. The summed E-state index contributed by atoms with van der Waals surface area (Å²) in [5.41, 5.74) is 2.43. The monoisotopic (exact) mass is 237 g/mol. The summed E-state index contributed by atoms with van der Waals surface area (Å²) in [6.45, 7) is 1.35. The Morgan fingerprint density at radius 1 is 0.625 bits per heavy atom. The Morgan fingerprint density at radius 2 is 1.00 bits per heavy atom. The Kier molecular flexibility index (Phi) is 7.20. The van der Waals surface area contributed by atoms with Crippen molar-refractivity contribution in [3.05, 3.63) is 71.8 Å². The number of benzene rings is 2. The molecule has 0 aromatic heterocycles. The van der Waals surface area contributed by atoms with E-state index >= 15 is 0 Å². The molecule has 1 radical (unpaired) electrons. The van der Waals surface area contributed by atoms with Crippen LogP contribution in [0.5, 0.6) is 0 Å². The Balaban J connectivity index is 0.00000128. The van der Waals surface area contributed by atoms with Gasteiger partial charge in [-0.05, 0) is 11.1 Å². The molecule has 0 unspecified atom stereocenters. The van der Waals surface area contributed by atoms with Crippen molar-refractivity contribution >= 4 is 51.4 Å². The van der Waals surface area contributed by atoms with Gasteiger partial charge in [0.15, 0.2) is 0 Å². The van der Waals surface area contributed by atoms with Crippen LogP contribution >= 0.6 is 0 Å². The van der Waals surface area contributed by atoms with E-state index in [-0.39, 0.29) is 51.4 Å². The zero-order valence-electron chi connectivity index (χ0n) is 9.60. The maximum Gasteiger partial charge on any atom is 0.0721 e. The van der Waals surface area contributed by atoms with Gasteiger partial charge in [-0.1, -0.05) is 60.7 Å². The minimum absolute atomic E-state index is 0. The zero-order valence-corrected chi connectivity index (χ0v) is 12.7. The SMILES string of the molecule is [K].c1ccc(COCc2ccccc2)cc1. The van der Waals surface area contributed by atoms with E-state index in [1.165, 1.54) is 11.1 Å². The van der Waals surface area contributed by atoms with Crippen LogP contribution < -0.4 is 0 Å². The van der Waals surface area contributed by atoms with Crippen LogP contribution in [0.4, 0.5) is 0 Å². The molecule has 0 amide bonds. The molecule has 2 rings (SSSR count). The molecule has 0 aliphatic heterocycles. The smallest absolute Gasteiger partial charge is 0.0721 e. The van der Waals surface area contributed by atoms with Crippen molar-refractivity contribution in [3.63, 3.8) is 0 Å². The van der Waals surface area contributed by atoms with E-state index in [4.69, 9.17) is 4.74 Å². The van der Waals surface area contributed by atoms with Crippen molar-refractivity contribution in [2.45, 2.75) is 13.2 Å². The van der Waals surface area contributed by atoms with Gasteiger partial charge in [-0.3, -0.25) is 0 Å². The van der Waals surface area contributed by atoms with E-state index in [0.717, 1.165) is 0 Å². The van der Waals surface area contributed by atoms with Crippen LogP contribution in [0.2, 0.25) is 0 Å². The number of hydrogen-bond acceptors (Lipinski definition) is 1. The second-order valence-corrected chi connectivity index (χ2v) is 3.46. The Morgan fingerprint density at radius 3 is 1.38 bits per heavy atom. The van der Waals surface area contributed by atoms with E-state index < -0.39 is 0 Å². The fourth-order valence-corrected chi connectivity index (χ4v) is 1.44. The zero-order chi connectivity index (χ0) is 10.3.